The van der Waals surface area contributed by atoms with Crippen molar-refractivity contribution in [3.8, 4) is 0 Å². The molecule has 0 aliphatic heterocycles. The van der Waals surface area contributed by atoms with Gasteiger partial charge in [-0.15, -0.1) is 0 Å². The molecule has 3 nitrogen and oxygen atoms in total. The minimum Gasteiger partial charge on any atom is -0.481 e. The summed E-state index contributed by atoms with van der Waals surface area (Å²) in [6, 6.07) is 14.9. The van der Waals surface area contributed by atoms with Gasteiger partial charge in [0.1, 0.15) is 5.92 Å². The quantitative estimate of drug-likeness (QED) is 0.703. The van der Waals surface area contributed by atoms with Gasteiger partial charge >= 0.3 is 5.97 Å². The lowest BCUT2D eigenvalue weighted by atomic mass is 9.82. The van der Waals surface area contributed by atoms with Gasteiger partial charge in [-0.2, -0.15) is 0 Å². The summed E-state index contributed by atoms with van der Waals surface area (Å²) >= 11 is 3.35. The summed E-state index contributed by atoms with van der Waals surface area (Å²) in [5, 5.41) is 20.3. The molecule has 1 saturated carbocycles. The second-order valence-corrected chi connectivity index (χ2v) is 7.73. The molecular formula is C21H23BrO3. The summed E-state index contributed by atoms with van der Waals surface area (Å²) in [5.74, 6) is -1.40. The number of carboxylic acid groups (broad SMARTS) is 1. The van der Waals surface area contributed by atoms with E-state index in [4.69, 9.17) is 0 Å². The Morgan fingerprint density at radius 1 is 0.920 bits per heavy atom. The molecule has 0 spiro atoms. The maximum atomic E-state index is 11.8. The van der Waals surface area contributed by atoms with Gasteiger partial charge in [0.2, 0.25) is 0 Å². The highest BCUT2D eigenvalue weighted by molar-refractivity contribution is 9.10. The van der Waals surface area contributed by atoms with E-state index in [0.717, 1.165) is 4.47 Å². The molecule has 0 radical (unpaired) electrons. The zero-order valence-corrected chi connectivity index (χ0v) is 15.7. The van der Waals surface area contributed by atoms with Crippen LogP contribution in [0.25, 0.3) is 0 Å². The van der Waals surface area contributed by atoms with Gasteiger partial charge in [0.05, 0.1) is 6.10 Å². The van der Waals surface area contributed by atoms with Crippen LogP contribution in [-0.2, 0) is 4.79 Å². The molecule has 25 heavy (non-hydrogen) atoms. The molecule has 4 heteroatoms. The van der Waals surface area contributed by atoms with Crippen molar-refractivity contribution in [3.05, 3.63) is 69.7 Å². The van der Waals surface area contributed by atoms with Gasteiger partial charge in [0.15, 0.2) is 0 Å². The number of hydrogen-bond acceptors (Lipinski definition) is 2. The number of benzene rings is 2. The Morgan fingerprint density at radius 3 is 2.04 bits per heavy atom. The van der Waals surface area contributed by atoms with Crippen molar-refractivity contribution in [2.24, 2.45) is 0 Å². The third kappa shape index (κ3) is 4.31. The maximum Gasteiger partial charge on any atom is 0.314 e. The van der Waals surface area contributed by atoms with Crippen molar-refractivity contribution in [1.29, 1.82) is 0 Å². The lowest BCUT2D eigenvalue weighted by Crippen LogP contribution is -2.20. The standard InChI is InChI=1S/C21H23BrO3/c22-18-12-10-17(11-13-18)20(23)19(21(24)25)16-8-6-15(7-9-16)14-4-2-1-3-5-14/h6-14,19-20,23H,1-5H2,(H,24,25)/t19-,20-/m0/s1. The zero-order chi connectivity index (χ0) is 17.8. The number of aliphatic hydroxyl groups excluding tert-OH is 1. The smallest absolute Gasteiger partial charge is 0.314 e. The Hall–Kier alpha value is -1.65. The topological polar surface area (TPSA) is 57.5 Å². The van der Waals surface area contributed by atoms with E-state index in [2.05, 4.69) is 15.9 Å². The number of aliphatic hydroxyl groups is 1. The van der Waals surface area contributed by atoms with E-state index >= 15 is 0 Å². The molecule has 0 amide bonds. The minimum atomic E-state index is -1.08. The molecule has 0 unspecified atom stereocenters. The first-order chi connectivity index (χ1) is 12.1. The van der Waals surface area contributed by atoms with E-state index in [0.29, 0.717) is 17.0 Å². The number of halogens is 1. The van der Waals surface area contributed by atoms with Crippen molar-refractivity contribution in [1.82, 2.24) is 0 Å². The van der Waals surface area contributed by atoms with E-state index in [9.17, 15) is 15.0 Å². The Bertz CT molecular complexity index is 703. The lowest BCUT2D eigenvalue weighted by Gasteiger charge is -2.23. The molecule has 0 bridgehead atoms. The van der Waals surface area contributed by atoms with Gasteiger partial charge in [-0.05, 0) is 47.6 Å². The molecule has 132 valence electrons. The van der Waals surface area contributed by atoms with Crippen molar-refractivity contribution < 1.29 is 15.0 Å². The van der Waals surface area contributed by atoms with E-state index < -0.39 is 18.0 Å². The first kappa shape index (κ1) is 18.2. The highest BCUT2D eigenvalue weighted by atomic mass is 79.9. The number of carbonyl (C=O) groups is 1. The summed E-state index contributed by atoms with van der Waals surface area (Å²) in [5.41, 5.74) is 2.53. The molecule has 2 N–H and O–H groups in total. The van der Waals surface area contributed by atoms with Crippen molar-refractivity contribution in [2.75, 3.05) is 0 Å². The fourth-order valence-corrected chi connectivity index (χ4v) is 3.99. The summed E-state index contributed by atoms with van der Waals surface area (Å²) in [4.78, 5) is 11.8. The molecule has 3 rings (SSSR count). The Kier molecular flexibility index (Phi) is 5.92. The predicted octanol–water partition coefficient (Wildman–Crippen LogP) is 5.40. The van der Waals surface area contributed by atoms with E-state index in [1.165, 1.54) is 37.7 Å². The highest BCUT2D eigenvalue weighted by Crippen LogP contribution is 2.35. The van der Waals surface area contributed by atoms with E-state index in [-0.39, 0.29) is 0 Å². The van der Waals surface area contributed by atoms with Crippen LogP contribution in [0.15, 0.2) is 53.0 Å². The zero-order valence-electron chi connectivity index (χ0n) is 14.1. The van der Waals surface area contributed by atoms with Gasteiger partial charge in [0, 0.05) is 4.47 Å². The Labute approximate surface area is 156 Å². The largest absolute Gasteiger partial charge is 0.481 e. The lowest BCUT2D eigenvalue weighted by molar-refractivity contribution is -0.141. The number of aliphatic carboxylic acids is 1. The van der Waals surface area contributed by atoms with E-state index in [1.807, 2.05) is 36.4 Å². The van der Waals surface area contributed by atoms with Crippen molar-refractivity contribution >= 4 is 21.9 Å². The fourth-order valence-electron chi connectivity index (χ4n) is 3.72. The first-order valence-electron chi connectivity index (χ1n) is 8.82. The molecule has 2 atom stereocenters. The summed E-state index contributed by atoms with van der Waals surface area (Å²) < 4.78 is 0.896. The molecule has 1 aliphatic carbocycles. The third-order valence-corrected chi connectivity index (χ3v) is 5.69. The van der Waals surface area contributed by atoms with Crippen LogP contribution in [0.2, 0.25) is 0 Å². The number of rotatable bonds is 5. The highest BCUT2D eigenvalue weighted by Gasteiger charge is 2.29. The molecule has 1 fully saturated rings. The van der Waals surface area contributed by atoms with Crippen molar-refractivity contribution in [3.63, 3.8) is 0 Å². The van der Waals surface area contributed by atoms with Crippen LogP contribution in [0.3, 0.4) is 0 Å². The van der Waals surface area contributed by atoms with Crippen LogP contribution < -0.4 is 0 Å². The average Bonchev–Trinajstić information content (AvgIpc) is 2.63. The molecule has 1 aliphatic rings. The normalized spacial score (nSPS) is 17.8. The Balaban J connectivity index is 1.82. The van der Waals surface area contributed by atoms with Gasteiger partial charge in [-0.1, -0.05) is 71.6 Å². The fraction of sp³-hybridized carbons (Fsp3) is 0.381. The van der Waals surface area contributed by atoms with E-state index in [1.54, 1.807) is 12.1 Å². The van der Waals surface area contributed by atoms with Crippen LogP contribution in [0.5, 0.6) is 0 Å². The monoisotopic (exact) mass is 402 g/mol. The van der Waals surface area contributed by atoms with Crippen LogP contribution in [0, 0.1) is 0 Å². The molecule has 0 saturated heterocycles. The Morgan fingerprint density at radius 2 is 1.48 bits per heavy atom. The molecule has 2 aromatic carbocycles. The van der Waals surface area contributed by atoms with Crippen LogP contribution >= 0.6 is 15.9 Å². The predicted molar refractivity (Wildman–Crippen MR) is 102 cm³/mol. The van der Waals surface area contributed by atoms with Crippen molar-refractivity contribution in [2.45, 2.75) is 50.0 Å². The second kappa shape index (κ2) is 8.15. The molecule has 0 heterocycles. The minimum absolute atomic E-state index is 0.586. The summed E-state index contributed by atoms with van der Waals surface area (Å²) in [6.07, 6.45) is 5.20. The van der Waals surface area contributed by atoms with Gasteiger partial charge in [0.25, 0.3) is 0 Å². The van der Waals surface area contributed by atoms with Gasteiger partial charge < -0.3 is 10.2 Å². The first-order valence-corrected chi connectivity index (χ1v) is 9.62. The van der Waals surface area contributed by atoms with Crippen LogP contribution in [0.1, 0.15) is 66.7 Å². The number of hydrogen-bond donors (Lipinski definition) is 2. The third-order valence-electron chi connectivity index (χ3n) is 5.17. The van der Waals surface area contributed by atoms with Crippen LogP contribution in [-0.4, -0.2) is 16.2 Å². The second-order valence-electron chi connectivity index (χ2n) is 6.81. The molecule has 2 aromatic rings. The molecule has 0 aromatic heterocycles. The summed E-state index contributed by atoms with van der Waals surface area (Å²) in [7, 11) is 0. The SMILES string of the molecule is O=C(O)[C@@H](c1ccc(C2CCCCC2)cc1)[C@@H](O)c1ccc(Br)cc1. The van der Waals surface area contributed by atoms with Crippen LogP contribution in [0.4, 0.5) is 0 Å². The maximum absolute atomic E-state index is 11.8. The number of carboxylic acids is 1. The van der Waals surface area contributed by atoms with Gasteiger partial charge in [-0.25, -0.2) is 0 Å². The average molecular weight is 403 g/mol. The summed E-state index contributed by atoms with van der Waals surface area (Å²) in [6.45, 7) is 0. The van der Waals surface area contributed by atoms with Gasteiger partial charge in [-0.3, -0.25) is 4.79 Å². The molecular weight excluding hydrogens is 380 g/mol.